The van der Waals surface area contributed by atoms with E-state index in [0.717, 1.165) is 16.9 Å². The van der Waals surface area contributed by atoms with Gasteiger partial charge in [-0.2, -0.15) is 5.10 Å². The van der Waals surface area contributed by atoms with Crippen molar-refractivity contribution in [2.75, 3.05) is 5.32 Å². The van der Waals surface area contributed by atoms with Gasteiger partial charge >= 0.3 is 0 Å². The van der Waals surface area contributed by atoms with Gasteiger partial charge in [0, 0.05) is 10.7 Å². The lowest BCUT2D eigenvalue weighted by Gasteiger charge is -2.10. The first kappa shape index (κ1) is 15.3. The lowest BCUT2D eigenvalue weighted by Crippen LogP contribution is -2.17. The molecular formula is C18H16ClN3O. The predicted octanol–water partition coefficient (Wildman–Crippen LogP) is 4.39. The van der Waals surface area contributed by atoms with E-state index >= 15 is 0 Å². The van der Waals surface area contributed by atoms with Gasteiger partial charge < -0.3 is 5.32 Å². The number of rotatable bonds is 3. The second kappa shape index (κ2) is 6.26. The first-order chi connectivity index (χ1) is 11.0. The molecule has 0 aliphatic rings. The van der Waals surface area contributed by atoms with Gasteiger partial charge in [0.05, 0.1) is 11.4 Å². The zero-order valence-corrected chi connectivity index (χ0v) is 13.6. The van der Waals surface area contributed by atoms with Crippen LogP contribution in [0.3, 0.4) is 0 Å². The van der Waals surface area contributed by atoms with Crippen molar-refractivity contribution in [2.45, 2.75) is 13.8 Å². The summed E-state index contributed by atoms with van der Waals surface area (Å²) in [5.41, 5.74) is 3.75. The van der Waals surface area contributed by atoms with E-state index in [9.17, 15) is 4.79 Å². The van der Waals surface area contributed by atoms with Crippen LogP contribution in [-0.4, -0.2) is 15.7 Å². The molecule has 1 heterocycles. The SMILES string of the molecule is Cc1cc(C(=O)Nc2cc(Cl)ccc2C)n(-c2ccccc2)n1. The van der Waals surface area contributed by atoms with E-state index in [4.69, 9.17) is 11.6 Å². The van der Waals surface area contributed by atoms with Gasteiger partial charge in [-0.3, -0.25) is 4.79 Å². The maximum absolute atomic E-state index is 12.7. The minimum atomic E-state index is -0.222. The molecule has 2 aromatic carbocycles. The van der Waals surface area contributed by atoms with Crippen LogP contribution >= 0.6 is 11.6 Å². The van der Waals surface area contributed by atoms with Gasteiger partial charge in [0.2, 0.25) is 0 Å². The zero-order valence-electron chi connectivity index (χ0n) is 12.9. The van der Waals surface area contributed by atoms with E-state index in [1.807, 2.05) is 50.2 Å². The molecular weight excluding hydrogens is 310 g/mol. The number of nitrogens with zero attached hydrogens (tertiary/aromatic N) is 2. The molecule has 116 valence electrons. The Labute approximate surface area is 139 Å². The number of aromatic nitrogens is 2. The molecule has 3 aromatic rings. The summed E-state index contributed by atoms with van der Waals surface area (Å²) < 4.78 is 1.64. The lowest BCUT2D eigenvalue weighted by atomic mass is 10.2. The maximum atomic E-state index is 12.7. The van der Waals surface area contributed by atoms with Crippen LogP contribution < -0.4 is 5.32 Å². The Morgan fingerprint density at radius 3 is 2.57 bits per heavy atom. The predicted molar refractivity (Wildman–Crippen MR) is 92.4 cm³/mol. The van der Waals surface area contributed by atoms with Crippen molar-refractivity contribution < 1.29 is 4.79 Å². The van der Waals surface area contributed by atoms with Gasteiger partial charge in [0.25, 0.3) is 5.91 Å². The van der Waals surface area contributed by atoms with Gasteiger partial charge in [0.15, 0.2) is 0 Å². The molecule has 0 atom stereocenters. The average Bonchev–Trinajstić information content (AvgIpc) is 2.94. The van der Waals surface area contributed by atoms with E-state index < -0.39 is 0 Å². The van der Waals surface area contributed by atoms with Crippen molar-refractivity contribution in [3.63, 3.8) is 0 Å². The number of hydrogen-bond acceptors (Lipinski definition) is 2. The molecule has 1 amide bonds. The second-order valence-corrected chi connectivity index (χ2v) is 5.77. The van der Waals surface area contributed by atoms with E-state index in [1.165, 1.54) is 0 Å². The summed E-state index contributed by atoms with van der Waals surface area (Å²) in [6.07, 6.45) is 0. The quantitative estimate of drug-likeness (QED) is 0.776. The Hall–Kier alpha value is -2.59. The molecule has 0 aliphatic carbocycles. The van der Waals surface area contributed by atoms with Crippen molar-refractivity contribution in [3.05, 3.63) is 76.6 Å². The van der Waals surface area contributed by atoms with Crippen molar-refractivity contribution in [1.29, 1.82) is 0 Å². The highest BCUT2D eigenvalue weighted by Gasteiger charge is 2.16. The van der Waals surface area contributed by atoms with Crippen molar-refractivity contribution in [2.24, 2.45) is 0 Å². The molecule has 5 heteroatoms. The number of aryl methyl sites for hydroxylation is 2. The van der Waals surface area contributed by atoms with Crippen molar-refractivity contribution in [1.82, 2.24) is 9.78 Å². The van der Waals surface area contributed by atoms with Gasteiger partial charge in [-0.05, 0) is 49.7 Å². The molecule has 0 bridgehead atoms. The number of benzene rings is 2. The van der Waals surface area contributed by atoms with Crippen LogP contribution in [0.4, 0.5) is 5.69 Å². The third-order valence-corrected chi connectivity index (χ3v) is 3.75. The molecule has 0 fully saturated rings. The van der Waals surface area contributed by atoms with Crippen molar-refractivity contribution in [3.8, 4) is 5.69 Å². The molecule has 0 unspecified atom stereocenters. The summed E-state index contributed by atoms with van der Waals surface area (Å²) in [7, 11) is 0. The van der Waals surface area contributed by atoms with Gasteiger partial charge in [-0.1, -0.05) is 35.9 Å². The van der Waals surface area contributed by atoms with E-state index in [2.05, 4.69) is 10.4 Å². The summed E-state index contributed by atoms with van der Waals surface area (Å²) in [6.45, 7) is 3.78. The first-order valence-electron chi connectivity index (χ1n) is 7.24. The number of nitrogens with one attached hydrogen (secondary N) is 1. The molecule has 0 aliphatic heterocycles. The van der Waals surface area contributed by atoms with E-state index in [-0.39, 0.29) is 5.91 Å². The number of carbonyl (C=O) groups excluding carboxylic acids is 1. The highest BCUT2D eigenvalue weighted by atomic mass is 35.5. The molecule has 0 spiro atoms. The number of halogens is 1. The third-order valence-electron chi connectivity index (χ3n) is 3.51. The molecule has 0 saturated carbocycles. The van der Waals surface area contributed by atoms with Gasteiger partial charge in [0.1, 0.15) is 5.69 Å². The molecule has 1 N–H and O–H groups in total. The number of para-hydroxylation sites is 1. The number of anilines is 1. The summed E-state index contributed by atoms with van der Waals surface area (Å²) in [5.74, 6) is -0.222. The van der Waals surface area contributed by atoms with Crippen LogP contribution in [-0.2, 0) is 0 Å². The van der Waals surface area contributed by atoms with Gasteiger partial charge in [-0.15, -0.1) is 0 Å². The van der Waals surface area contributed by atoms with E-state index in [1.54, 1.807) is 22.9 Å². The largest absolute Gasteiger partial charge is 0.320 e. The maximum Gasteiger partial charge on any atom is 0.274 e. The standard InChI is InChI=1S/C18H16ClN3O/c1-12-8-9-14(19)11-16(12)20-18(23)17-10-13(2)21-22(17)15-6-4-3-5-7-15/h3-11H,1-2H3,(H,20,23). The normalized spacial score (nSPS) is 10.6. The fourth-order valence-electron chi connectivity index (χ4n) is 2.34. The molecule has 4 nitrogen and oxygen atoms in total. The Balaban J connectivity index is 1.96. The Bertz CT molecular complexity index is 856. The fraction of sp³-hybridized carbons (Fsp3) is 0.111. The summed E-state index contributed by atoms with van der Waals surface area (Å²) in [6, 6.07) is 16.7. The topological polar surface area (TPSA) is 46.9 Å². The van der Waals surface area contributed by atoms with Crippen LogP contribution in [0.5, 0.6) is 0 Å². The minimum absolute atomic E-state index is 0.222. The summed E-state index contributed by atoms with van der Waals surface area (Å²) >= 11 is 6.01. The van der Waals surface area contributed by atoms with Crippen LogP contribution in [0.15, 0.2) is 54.6 Å². The highest BCUT2D eigenvalue weighted by molar-refractivity contribution is 6.31. The second-order valence-electron chi connectivity index (χ2n) is 5.33. The van der Waals surface area contributed by atoms with Crippen LogP contribution in [0, 0.1) is 13.8 Å². The van der Waals surface area contributed by atoms with Crippen LogP contribution in [0.25, 0.3) is 5.69 Å². The first-order valence-corrected chi connectivity index (χ1v) is 7.62. The van der Waals surface area contributed by atoms with Crippen molar-refractivity contribution >= 4 is 23.2 Å². The number of hydrogen-bond donors (Lipinski definition) is 1. The molecule has 23 heavy (non-hydrogen) atoms. The summed E-state index contributed by atoms with van der Waals surface area (Å²) in [5, 5.41) is 7.90. The Morgan fingerprint density at radius 2 is 1.83 bits per heavy atom. The Kier molecular flexibility index (Phi) is 4.17. The zero-order chi connectivity index (χ0) is 16.4. The fourth-order valence-corrected chi connectivity index (χ4v) is 2.51. The molecule has 1 aromatic heterocycles. The minimum Gasteiger partial charge on any atom is -0.320 e. The summed E-state index contributed by atoms with van der Waals surface area (Å²) in [4.78, 5) is 12.7. The van der Waals surface area contributed by atoms with Crippen LogP contribution in [0.1, 0.15) is 21.7 Å². The lowest BCUT2D eigenvalue weighted by molar-refractivity contribution is 0.101. The Morgan fingerprint density at radius 1 is 1.09 bits per heavy atom. The highest BCUT2D eigenvalue weighted by Crippen LogP contribution is 2.21. The molecule has 0 radical (unpaired) electrons. The van der Waals surface area contributed by atoms with Gasteiger partial charge in [-0.25, -0.2) is 4.68 Å². The number of amides is 1. The van der Waals surface area contributed by atoms with E-state index in [0.29, 0.717) is 16.4 Å². The number of carbonyl (C=O) groups is 1. The smallest absolute Gasteiger partial charge is 0.274 e. The molecule has 3 rings (SSSR count). The van der Waals surface area contributed by atoms with Crippen LogP contribution in [0.2, 0.25) is 5.02 Å². The monoisotopic (exact) mass is 325 g/mol. The molecule has 0 saturated heterocycles. The average molecular weight is 326 g/mol. The third kappa shape index (κ3) is 3.27.